The molecule has 0 atom stereocenters. The van der Waals surface area contributed by atoms with Crippen LogP contribution in [0.25, 0.3) is 0 Å². The van der Waals surface area contributed by atoms with Gasteiger partial charge in [-0.15, -0.1) is 10.2 Å². The molecule has 0 bridgehead atoms. The van der Waals surface area contributed by atoms with Crippen LogP contribution in [0, 0.1) is 11.8 Å². The fourth-order valence-electron chi connectivity index (χ4n) is 3.50. The molecule has 4 nitrogen and oxygen atoms in total. The van der Waals surface area contributed by atoms with Crippen LogP contribution in [0.4, 0.5) is 5.13 Å². The Morgan fingerprint density at radius 3 is 2.85 bits per heavy atom. The van der Waals surface area contributed by atoms with E-state index in [0.717, 1.165) is 39.4 Å². The molecule has 1 amide bonds. The van der Waals surface area contributed by atoms with E-state index in [1.807, 2.05) is 24.3 Å². The van der Waals surface area contributed by atoms with Crippen molar-refractivity contribution in [3.8, 4) is 0 Å². The van der Waals surface area contributed by atoms with Gasteiger partial charge in [-0.25, -0.2) is 0 Å². The molecule has 1 heterocycles. The Bertz CT molecular complexity index is 744. The number of rotatable bonds is 8. The van der Waals surface area contributed by atoms with Gasteiger partial charge < -0.3 is 5.32 Å². The van der Waals surface area contributed by atoms with Crippen LogP contribution in [0.2, 0.25) is 5.02 Å². The van der Waals surface area contributed by atoms with Gasteiger partial charge in [0.05, 0.1) is 0 Å². The van der Waals surface area contributed by atoms with Gasteiger partial charge >= 0.3 is 0 Å². The summed E-state index contributed by atoms with van der Waals surface area (Å²) in [5.74, 6) is 1.82. The third kappa shape index (κ3) is 6.47. The van der Waals surface area contributed by atoms with Gasteiger partial charge in [-0.05, 0) is 49.3 Å². The lowest BCUT2D eigenvalue weighted by Crippen LogP contribution is -2.27. The maximum absolute atomic E-state index is 12.5. The van der Waals surface area contributed by atoms with Crippen LogP contribution in [-0.4, -0.2) is 16.1 Å². The summed E-state index contributed by atoms with van der Waals surface area (Å²) in [6.07, 6.45) is 8.22. The summed E-state index contributed by atoms with van der Waals surface area (Å²) in [7, 11) is 0. The summed E-state index contributed by atoms with van der Waals surface area (Å²) < 4.78 is 0.855. The second kappa shape index (κ2) is 10.4. The van der Waals surface area contributed by atoms with Gasteiger partial charge in [-0.1, -0.05) is 73.0 Å². The third-order valence-electron chi connectivity index (χ3n) is 5.07. The zero-order chi connectivity index (χ0) is 19.1. The largest absolute Gasteiger partial charge is 0.300 e. The fourth-order valence-corrected chi connectivity index (χ4v) is 5.41. The molecule has 1 saturated carbocycles. The van der Waals surface area contributed by atoms with Gasteiger partial charge in [0.15, 0.2) is 4.34 Å². The topological polar surface area (TPSA) is 54.9 Å². The Kier molecular flexibility index (Phi) is 7.97. The number of hydrogen-bond acceptors (Lipinski definition) is 5. The highest BCUT2D eigenvalue weighted by atomic mass is 35.5. The minimum atomic E-state index is 0.103. The van der Waals surface area contributed by atoms with E-state index in [9.17, 15) is 4.79 Å². The molecule has 1 fully saturated rings. The van der Waals surface area contributed by atoms with Crippen molar-refractivity contribution in [2.24, 2.45) is 11.8 Å². The van der Waals surface area contributed by atoms with E-state index in [0.29, 0.717) is 5.13 Å². The number of unbranched alkanes of at least 4 members (excludes halogenated alkanes) is 1. The Morgan fingerprint density at radius 1 is 1.30 bits per heavy atom. The van der Waals surface area contributed by atoms with Gasteiger partial charge in [0.2, 0.25) is 11.0 Å². The zero-order valence-corrected chi connectivity index (χ0v) is 18.0. The van der Waals surface area contributed by atoms with Gasteiger partial charge in [0, 0.05) is 16.7 Å². The van der Waals surface area contributed by atoms with Crippen LogP contribution in [0.1, 0.15) is 57.4 Å². The lowest BCUT2D eigenvalue weighted by Gasteiger charge is -2.27. The molecule has 27 heavy (non-hydrogen) atoms. The van der Waals surface area contributed by atoms with E-state index in [-0.39, 0.29) is 11.8 Å². The number of benzene rings is 1. The summed E-state index contributed by atoms with van der Waals surface area (Å²) in [6.45, 7) is 2.24. The van der Waals surface area contributed by atoms with Crippen molar-refractivity contribution in [1.29, 1.82) is 0 Å². The zero-order valence-electron chi connectivity index (χ0n) is 15.6. The average Bonchev–Trinajstić information content (AvgIpc) is 3.12. The van der Waals surface area contributed by atoms with Crippen LogP contribution in [0.15, 0.2) is 28.6 Å². The Labute approximate surface area is 174 Å². The Balaban J connectivity index is 1.44. The quantitative estimate of drug-likeness (QED) is 0.393. The van der Waals surface area contributed by atoms with Crippen molar-refractivity contribution in [2.45, 2.75) is 62.0 Å². The van der Waals surface area contributed by atoms with Crippen molar-refractivity contribution in [3.63, 3.8) is 0 Å². The monoisotopic (exact) mass is 423 g/mol. The van der Waals surface area contributed by atoms with Gasteiger partial charge in [0.25, 0.3) is 0 Å². The van der Waals surface area contributed by atoms with Crippen LogP contribution >= 0.6 is 34.7 Å². The standard InChI is InChI=1S/C20H26ClN3OS2/c1-2-3-5-14-8-10-16(11-9-14)18(25)22-19-23-24-20(27-19)26-13-15-6-4-7-17(21)12-15/h4,6-7,12,14,16H,2-3,5,8-11,13H2,1H3,(H,22,23,25). The summed E-state index contributed by atoms with van der Waals surface area (Å²) in [5, 5.41) is 12.6. The molecule has 0 spiro atoms. The molecular formula is C20H26ClN3OS2. The number of carbonyl (C=O) groups is 1. The first-order valence-corrected chi connectivity index (χ1v) is 11.8. The first-order chi connectivity index (χ1) is 13.1. The average molecular weight is 424 g/mol. The number of aromatic nitrogens is 2. The number of anilines is 1. The van der Waals surface area contributed by atoms with Gasteiger partial charge in [-0.3, -0.25) is 4.79 Å². The highest BCUT2D eigenvalue weighted by Gasteiger charge is 2.26. The second-order valence-electron chi connectivity index (χ2n) is 7.14. The van der Waals surface area contributed by atoms with Crippen LogP contribution in [0.3, 0.4) is 0 Å². The summed E-state index contributed by atoms with van der Waals surface area (Å²) >= 11 is 9.06. The van der Waals surface area contributed by atoms with E-state index < -0.39 is 0 Å². The van der Waals surface area contributed by atoms with E-state index in [4.69, 9.17) is 11.6 Å². The molecule has 7 heteroatoms. The molecule has 0 radical (unpaired) electrons. The van der Waals surface area contributed by atoms with Gasteiger partial charge in [-0.2, -0.15) is 0 Å². The second-order valence-corrected chi connectivity index (χ2v) is 9.78. The third-order valence-corrected chi connectivity index (χ3v) is 7.35. The normalized spacial score (nSPS) is 19.8. The first-order valence-electron chi connectivity index (χ1n) is 9.65. The van der Waals surface area contributed by atoms with Crippen molar-refractivity contribution in [1.82, 2.24) is 10.2 Å². The fraction of sp³-hybridized carbons (Fsp3) is 0.550. The molecule has 3 rings (SSSR count). The van der Waals surface area contributed by atoms with Gasteiger partial charge in [0.1, 0.15) is 0 Å². The van der Waals surface area contributed by atoms with Crippen LogP contribution < -0.4 is 5.32 Å². The summed E-state index contributed by atoms with van der Waals surface area (Å²) in [6, 6.07) is 7.81. The molecule has 2 aromatic rings. The lowest BCUT2D eigenvalue weighted by molar-refractivity contribution is -0.121. The van der Waals surface area contributed by atoms with Crippen molar-refractivity contribution < 1.29 is 4.79 Å². The highest BCUT2D eigenvalue weighted by molar-refractivity contribution is 8.00. The number of thioether (sulfide) groups is 1. The van der Waals surface area contributed by atoms with Crippen LogP contribution in [-0.2, 0) is 10.5 Å². The molecule has 1 aromatic carbocycles. The lowest BCUT2D eigenvalue weighted by atomic mass is 9.79. The van der Waals surface area contributed by atoms with E-state index in [1.54, 1.807) is 11.8 Å². The summed E-state index contributed by atoms with van der Waals surface area (Å²) in [4.78, 5) is 12.5. The van der Waals surface area contributed by atoms with Crippen molar-refractivity contribution >= 4 is 45.7 Å². The SMILES string of the molecule is CCCCC1CCC(C(=O)Nc2nnc(SCc3cccc(Cl)c3)s2)CC1. The number of carbonyl (C=O) groups excluding carboxylic acids is 1. The maximum atomic E-state index is 12.5. The first kappa shape index (κ1) is 20.6. The molecule has 0 aliphatic heterocycles. The number of nitrogens with zero attached hydrogens (tertiary/aromatic N) is 2. The molecule has 1 aromatic heterocycles. The predicted octanol–water partition coefficient (Wildman–Crippen LogP) is 6.42. The van der Waals surface area contributed by atoms with E-state index in [1.165, 1.54) is 43.4 Å². The Morgan fingerprint density at radius 2 is 2.11 bits per heavy atom. The molecular weight excluding hydrogens is 398 g/mol. The molecule has 1 aliphatic carbocycles. The number of amides is 1. The Hall–Kier alpha value is -1.11. The molecule has 0 unspecified atom stereocenters. The van der Waals surface area contributed by atoms with Crippen LogP contribution in [0.5, 0.6) is 0 Å². The van der Waals surface area contributed by atoms with E-state index in [2.05, 4.69) is 22.4 Å². The number of nitrogens with one attached hydrogen (secondary N) is 1. The maximum Gasteiger partial charge on any atom is 0.229 e. The molecule has 1 N–H and O–H groups in total. The smallest absolute Gasteiger partial charge is 0.229 e. The molecule has 1 aliphatic rings. The number of halogens is 1. The predicted molar refractivity (Wildman–Crippen MR) is 115 cm³/mol. The highest BCUT2D eigenvalue weighted by Crippen LogP contribution is 2.33. The van der Waals surface area contributed by atoms with Crippen molar-refractivity contribution in [2.75, 3.05) is 5.32 Å². The minimum Gasteiger partial charge on any atom is -0.300 e. The summed E-state index contributed by atoms with van der Waals surface area (Å²) in [5.41, 5.74) is 1.15. The number of hydrogen-bond donors (Lipinski definition) is 1. The van der Waals surface area contributed by atoms with E-state index >= 15 is 0 Å². The van der Waals surface area contributed by atoms with Crippen molar-refractivity contribution in [3.05, 3.63) is 34.9 Å². The minimum absolute atomic E-state index is 0.103. The molecule has 146 valence electrons. The molecule has 0 saturated heterocycles.